The number of nitrogens with one attached hydrogen (secondary N) is 1. The van der Waals surface area contributed by atoms with Crippen molar-refractivity contribution in [3.05, 3.63) is 23.8 Å². The molecule has 31 heavy (non-hydrogen) atoms. The summed E-state index contributed by atoms with van der Waals surface area (Å²) in [7, 11) is 0. The summed E-state index contributed by atoms with van der Waals surface area (Å²) in [6.07, 6.45) is 15.6. The minimum atomic E-state index is 0. The number of hydrogen-bond acceptors (Lipinski definition) is 3. The summed E-state index contributed by atoms with van der Waals surface area (Å²) in [5.41, 5.74) is 1.23. The molecule has 8 N–H and O–H groups in total. The van der Waals surface area contributed by atoms with Crippen molar-refractivity contribution in [2.75, 3.05) is 32.8 Å². The Morgan fingerprint density at radius 2 is 1.77 bits per heavy atom. The molecule has 1 aliphatic heterocycles. The van der Waals surface area contributed by atoms with E-state index in [0.717, 1.165) is 37.8 Å². The molecule has 0 spiro atoms. The number of allylic oxidation sites excluding steroid dienone is 2. The second-order valence-electron chi connectivity index (χ2n) is 9.67. The van der Waals surface area contributed by atoms with Crippen LogP contribution < -0.4 is 5.32 Å². The van der Waals surface area contributed by atoms with Crippen LogP contribution in [0.5, 0.6) is 0 Å². The lowest BCUT2D eigenvalue weighted by Crippen LogP contribution is -2.48. The third-order valence-corrected chi connectivity index (χ3v) is 7.59. The number of alkyl halides is 1. The molecule has 1 saturated heterocycles. The van der Waals surface area contributed by atoms with Crippen molar-refractivity contribution in [3.63, 3.8) is 0 Å². The molecule has 0 aromatic carbocycles. The van der Waals surface area contributed by atoms with Crippen LogP contribution in [0.2, 0.25) is 0 Å². The normalized spacial score (nSPS) is 28.2. The zero-order chi connectivity index (χ0) is 19.9. The first-order chi connectivity index (χ1) is 13.5. The van der Waals surface area contributed by atoms with Gasteiger partial charge in [-0.15, -0.1) is 11.6 Å². The molecular formula is C24H47ClN2O4. The van der Waals surface area contributed by atoms with Crippen LogP contribution in [0, 0.1) is 23.7 Å². The molecule has 3 rings (SSSR count). The summed E-state index contributed by atoms with van der Waals surface area (Å²) < 4.78 is 0. The summed E-state index contributed by atoms with van der Waals surface area (Å²) in [5.74, 6) is 2.85. The average molecular weight is 463 g/mol. The summed E-state index contributed by atoms with van der Waals surface area (Å²) in [6.45, 7) is 9.61. The Bertz CT molecular complexity index is 536. The number of rotatable bonds is 8. The lowest BCUT2D eigenvalue weighted by Gasteiger charge is -2.39. The summed E-state index contributed by atoms with van der Waals surface area (Å²) in [5, 5.41) is 13.5. The highest BCUT2D eigenvalue weighted by Crippen LogP contribution is 2.33. The zero-order valence-corrected chi connectivity index (χ0v) is 20.2. The molecule has 6 nitrogen and oxygen atoms in total. The van der Waals surface area contributed by atoms with E-state index in [1.165, 1.54) is 50.8 Å². The Morgan fingerprint density at radius 3 is 2.35 bits per heavy atom. The zero-order valence-electron chi connectivity index (χ0n) is 19.5. The van der Waals surface area contributed by atoms with Crippen LogP contribution in [0.25, 0.3) is 0 Å². The molecule has 0 bridgehead atoms. The van der Waals surface area contributed by atoms with E-state index in [1.54, 1.807) is 0 Å². The van der Waals surface area contributed by atoms with Crippen molar-refractivity contribution < 1.29 is 21.5 Å². The summed E-state index contributed by atoms with van der Waals surface area (Å²) in [4.78, 5) is 2.68. The van der Waals surface area contributed by atoms with Gasteiger partial charge >= 0.3 is 0 Å². The van der Waals surface area contributed by atoms with Crippen LogP contribution in [0.3, 0.4) is 0 Å². The first-order valence-electron chi connectivity index (χ1n) is 11.6. The Balaban J connectivity index is 0.00000300. The highest BCUT2D eigenvalue weighted by molar-refractivity contribution is 6.21. The first kappa shape index (κ1) is 30.5. The van der Waals surface area contributed by atoms with Gasteiger partial charge in [-0.25, -0.2) is 0 Å². The molecule has 0 aromatic rings. The van der Waals surface area contributed by atoms with Gasteiger partial charge in [0.05, 0.1) is 12.0 Å². The maximum absolute atomic E-state index is 9.41. The van der Waals surface area contributed by atoms with Crippen LogP contribution in [0.4, 0.5) is 0 Å². The van der Waals surface area contributed by atoms with Gasteiger partial charge in [-0.05, 0) is 87.3 Å². The van der Waals surface area contributed by atoms with Gasteiger partial charge in [0.1, 0.15) is 0 Å². The van der Waals surface area contributed by atoms with Gasteiger partial charge in [-0.1, -0.05) is 32.1 Å². The van der Waals surface area contributed by atoms with Crippen molar-refractivity contribution in [1.29, 1.82) is 0 Å². The molecular weight excluding hydrogens is 416 g/mol. The van der Waals surface area contributed by atoms with E-state index < -0.39 is 0 Å². The SMILES string of the molecule is CC(C)[C@H](CN1CCC(C2C=CC(Cl)CC2)CC1)NCC1C=C(CO)CCC1.O.O.O. The average Bonchev–Trinajstić information content (AvgIpc) is 2.72. The van der Waals surface area contributed by atoms with Crippen molar-refractivity contribution in [3.8, 4) is 0 Å². The fraction of sp³-hybridized carbons (Fsp3) is 0.833. The Kier molecular flexibility index (Phi) is 15.1. The van der Waals surface area contributed by atoms with E-state index in [-0.39, 0.29) is 28.4 Å². The van der Waals surface area contributed by atoms with Crippen molar-refractivity contribution in [2.24, 2.45) is 23.7 Å². The lowest BCUT2D eigenvalue weighted by atomic mass is 9.79. The summed E-state index contributed by atoms with van der Waals surface area (Å²) >= 11 is 6.22. The highest BCUT2D eigenvalue weighted by Gasteiger charge is 2.28. The molecule has 3 aliphatic rings. The minimum absolute atomic E-state index is 0. The molecule has 0 amide bonds. The molecule has 2 aliphatic carbocycles. The largest absolute Gasteiger partial charge is 0.412 e. The van der Waals surface area contributed by atoms with Gasteiger partial charge in [0.15, 0.2) is 0 Å². The number of likely N-dealkylation sites (tertiary alicyclic amines) is 1. The van der Waals surface area contributed by atoms with Gasteiger partial charge in [0.25, 0.3) is 0 Å². The standard InChI is InChI=1S/C24H41ClN2O.3H2O/c1-18(2)24(26-15-19-4-3-5-20(14-19)17-28)16-27-12-10-22(11-13-27)21-6-8-23(25)9-7-21;;;/h6,8,14,18-19,21-24,26,28H,3-5,7,9-13,15-17H2,1-2H3;3*1H2/t19?,21?,23?,24-;;;/m0.../s1. The van der Waals surface area contributed by atoms with Crippen LogP contribution in [-0.2, 0) is 0 Å². The van der Waals surface area contributed by atoms with Crippen molar-refractivity contribution in [2.45, 2.75) is 70.2 Å². The van der Waals surface area contributed by atoms with E-state index in [0.29, 0.717) is 17.9 Å². The van der Waals surface area contributed by atoms with Crippen molar-refractivity contribution >= 4 is 11.6 Å². The number of halogens is 1. The molecule has 3 unspecified atom stereocenters. The minimum Gasteiger partial charge on any atom is -0.412 e. The van der Waals surface area contributed by atoms with Gasteiger partial charge in [-0.3, -0.25) is 0 Å². The molecule has 4 atom stereocenters. The molecule has 0 aromatic heterocycles. The van der Waals surface area contributed by atoms with E-state index in [2.05, 4.69) is 42.3 Å². The van der Waals surface area contributed by atoms with Crippen LogP contribution in [0.1, 0.15) is 58.8 Å². The molecule has 1 fully saturated rings. The fourth-order valence-electron chi connectivity index (χ4n) is 5.24. The fourth-order valence-corrected chi connectivity index (χ4v) is 5.45. The third-order valence-electron chi connectivity index (χ3n) is 7.23. The van der Waals surface area contributed by atoms with Crippen LogP contribution in [0.15, 0.2) is 23.8 Å². The maximum atomic E-state index is 9.41. The van der Waals surface area contributed by atoms with Gasteiger partial charge < -0.3 is 31.8 Å². The lowest BCUT2D eigenvalue weighted by molar-refractivity contribution is 0.134. The van der Waals surface area contributed by atoms with E-state index in [1.807, 2.05) is 0 Å². The van der Waals surface area contributed by atoms with Crippen LogP contribution in [-0.4, -0.2) is 70.6 Å². The quantitative estimate of drug-likeness (QED) is 0.423. The van der Waals surface area contributed by atoms with E-state index in [9.17, 15) is 5.11 Å². The highest BCUT2D eigenvalue weighted by atomic mass is 35.5. The maximum Gasteiger partial charge on any atom is 0.0641 e. The third kappa shape index (κ3) is 9.50. The second kappa shape index (κ2) is 15.4. The smallest absolute Gasteiger partial charge is 0.0641 e. The van der Waals surface area contributed by atoms with Gasteiger partial charge in [0, 0.05) is 19.1 Å². The molecule has 1 heterocycles. The van der Waals surface area contributed by atoms with E-state index >= 15 is 0 Å². The Labute approximate surface area is 194 Å². The number of hydrogen-bond donors (Lipinski definition) is 2. The topological polar surface area (TPSA) is 130 Å². The number of aliphatic hydroxyl groups excluding tert-OH is 1. The van der Waals surface area contributed by atoms with Crippen molar-refractivity contribution in [1.82, 2.24) is 10.2 Å². The molecule has 0 saturated carbocycles. The van der Waals surface area contributed by atoms with E-state index in [4.69, 9.17) is 11.6 Å². The first-order valence-corrected chi connectivity index (χ1v) is 12.1. The Morgan fingerprint density at radius 1 is 1.06 bits per heavy atom. The Hall–Kier alpha value is -0.470. The van der Waals surface area contributed by atoms with Gasteiger partial charge in [0.2, 0.25) is 0 Å². The number of piperidine rings is 1. The number of nitrogens with zero attached hydrogens (tertiary/aromatic N) is 1. The van der Waals surface area contributed by atoms with Crippen LogP contribution >= 0.6 is 11.6 Å². The van der Waals surface area contributed by atoms with Gasteiger partial charge in [-0.2, -0.15) is 0 Å². The predicted molar refractivity (Wildman–Crippen MR) is 131 cm³/mol. The molecule has 0 radical (unpaired) electrons. The second-order valence-corrected chi connectivity index (χ2v) is 10.2. The molecule has 7 heteroatoms. The summed E-state index contributed by atoms with van der Waals surface area (Å²) in [6, 6.07) is 0.552. The molecule has 184 valence electrons. The predicted octanol–water partition coefficient (Wildman–Crippen LogP) is 2.13. The monoisotopic (exact) mass is 462 g/mol. The number of aliphatic hydroxyl groups is 1.